The molecule has 1 aliphatic heterocycles. The third-order valence-corrected chi connectivity index (χ3v) is 3.79. The molecule has 5 nitrogen and oxygen atoms in total. The summed E-state index contributed by atoms with van der Waals surface area (Å²) in [6.07, 6.45) is 4.96. The van der Waals surface area contributed by atoms with Crippen molar-refractivity contribution in [3.8, 4) is 17.2 Å². The molecule has 1 atom stereocenters. The maximum Gasteiger partial charge on any atom is 0.162 e. The maximum atomic E-state index is 5.37. The smallest absolute Gasteiger partial charge is 0.162 e. The molecule has 20 heavy (non-hydrogen) atoms. The fourth-order valence-corrected chi connectivity index (χ4v) is 2.70. The predicted molar refractivity (Wildman–Crippen MR) is 76.9 cm³/mol. The highest BCUT2D eigenvalue weighted by Crippen LogP contribution is 2.31. The van der Waals surface area contributed by atoms with Crippen LogP contribution in [0.25, 0.3) is 5.69 Å². The summed E-state index contributed by atoms with van der Waals surface area (Å²) in [5.74, 6) is 1.99. The largest absolute Gasteiger partial charge is 0.493 e. The van der Waals surface area contributed by atoms with Crippen LogP contribution in [-0.4, -0.2) is 36.9 Å². The topological polar surface area (TPSA) is 48.3 Å². The van der Waals surface area contributed by atoms with E-state index in [1.807, 2.05) is 30.7 Å². The lowest BCUT2D eigenvalue weighted by Crippen LogP contribution is -2.10. The van der Waals surface area contributed by atoms with Gasteiger partial charge in [0.25, 0.3) is 0 Å². The van der Waals surface area contributed by atoms with Crippen LogP contribution < -0.4 is 14.8 Å². The molecule has 1 aromatic heterocycles. The normalized spacial score (nSPS) is 18.2. The van der Waals surface area contributed by atoms with Gasteiger partial charge in [-0.2, -0.15) is 0 Å². The number of nitrogens with zero attached hydrogens (tertiary/aromatic N) is 2. The van der Waals surface area contributed by atoms with E-state index in [-0.39, 0.29) is 0 Å². The molecule has 1 saturated heterocycles. The molecule has 1 unspecified atom stereocenters. The average Bonchev–Trinajstić information content (AvgIpc) is 3.16. The molecule has 1 aromatic carbocycles. The van der Waals surface area contributed by atoms with Crippen LogP contribution in [0.5, 0.6) is 11.5 Å². The number of hydrogen-bond acceptors (Lipinski definition) is 4. The Hall–Kier alpha value is -2.01. The fraction of sp³-hybridized carbons (Fsp3) is 0.400. The lowest BCUT2D eigenvalue weighted by Gasteiger charge is -2.15. The Bertz CT molecular complexity index is 589. The Morgan fingerprint density at radius 3 is 2.80 bits per heavy atom. The quantitative estimate of drug-likeness (QED) is 0.925. The molecule has 0 amide bonds. The van der Waals surface area contributed by atoms with Crippen molar-refractivity contribution in [2.24, 2.45) is 0 Å². The van der Waals surface area contributed by atoms with Gasteiger partial charge in [0.2, 0.25) is 0 Å². The van der Waals surface area contributed by atoms with E-state index in [2.05, 4.69) is 14.9 Å². The molecule has 2 heterocycles. The summed E-state index contributed by atoms with van der Waals surface area (Å²) in [5, 5.41) is 3.39. The highest BCUT2D eigenvalue weighted by atomic mass is 16.5. The van der Waals surface area contributed by atoms with Gasteiger partial charge in [0.15, 0.2) is 11.5 Å². The molecule has 1 aliphatic rings. The van der Waals surface area contributed by atoms with Crippen LogP contribution in [0.15, 0.2) is 30.7 Å². The van der Waals surface area contributed by atoms with E-state index < -0.39 is 0 Å². The van der Waals surface area contributed by atoms with E-state index in [0.29, 0.717) is 5.92 Å². The van der Waals surface area contributed by atoms with Gasteiger partial charge in [0.05, 0.1) is 26.2 Å². The van der Waals surface area contributed by atoms with Crippen LogP contribution in [0, 0.1) is 0 Å². The van der Waals surface area contributed by atoms with Gasteiger partial charge < -0.3 is 19.4 Å². The van der Waals surface area contributed by atoms with Crippen LogP contribution in [-0.2, 0) is 0 Å². The van der Waals surface area contributed by atoms with Crippen molar-refractivity contribution in [3.05, 3.63) is 36.4 Å². The fourth-order valence-electron chi connectivity index (χ4n) is 2.70. The van der Waals surface area contributed by atoms with E-state index in [0.717, 1.165) is 36.7 Å². The van der Waals surface area contributed by atoms with Gasteiger partial charge in [-0.25, -0.2) is 4.98 Å². The first-order chi connectivity index (χ1) is 9.83. The number of ether oxygens (including phenoxy) is 2. The van der Waals surface area contributed by atoms with Crippen LogP contribution in [0.2, 0.25) is 0 Å². The summed E-state index contributed by atoms with van der Waals surface area (Å²) < 4.78 is 12.8. The van der Waals surface area contributed by atoms with E-state index >= 15 is 0 Å². The molecule has 0 saturated carbocycles. The zero-order valence-corrected chi connectivity index (χ0v) is 11.8. The lowest BCUT2D eigenvalue weighted by atomic mass is 10.1. The van der Waals surface area contributed by atoms with Crippen LogP contribution in [0.3, 0.4) is 0 Å². The van der Waals surface area contributed by atoms with Crippen LogP contribution in [0.4, 0.5) is 0 Å². The van der Waals surface area contributed by atoms with Crippen molar-refractivity contribution in [1.82, 2.24) is 14.9 Å². The summed E-state index contributed by atoms with van der Waals surface area (Å²) in [6, 6.07) is 5.92. The molecule has 5 heteroatoms. The maximum absolute atomic E-state index is 5.37. The zero-order chi connectivity index (χ0) is 13.9. The second-order valence-electron chi connectivity index (χ2n) is 4.92. The number of benzene rings is 1. The molecule has 106 valence electrons. The molecule has 1 N–H and O–H groups in total. The molecule has 3 rings (SSSR count). The summed E-state index contributed by atoms with van der Waals surface area (Å²) >= 11 is 0. The van der Waals surface area contributed by atoms with Gasteiger partial charge >= 0.3 is 0 Å². The second kappa shape index (κ2) is 5.54. The summed E-state index contributed by atoms with van der Waals surface area (Å²) in [4.78, 5) is 4.30. The second-order valence-corrected chi connectivity index (χ2v) is 4.92. The van der Waals surface area contributed by atoms with Gasteiger partial charge in [-0.3, -0.25) is 0 Å². The molecule has 0 spiro atoms. The Morgan fingerprint density at radius 2 is 2.10 bits per heavy atom. The van der Waals surface area contributed by atoms with Gasteiger partial charge in [-0.05, 0) is 25.1 Å². The third kappa shape index (κ3) is 2.25. The molecule has 0 radical (unpaired) electrons. The molecule has 1 fully saturated rings. The van der Waals surface area contributed by atoms with Crippen molar-refractivity contribution in [2.75, 3.05) is 27.3 Å². The van der Waals surface area contributed by atoms with Crippen molar-refractivity contribution >= 4 is 0 Å². The van der Waals surface area contributed by atoms with Crippen molar-refractivity contribution < 1.29 is 9.47 Å². The first-order valence-corrected chi connectivity index (χ1v) is 6.79. The summed E-state index contributed by atoms with van der Waals surface area (Å²) in [6.45, 7) is 2.08. The van der Waals surface area contributed by atoms with Crippen molar-refractivity contribution in [2.45, 2.75) is 12.3 Å². The predicted octanol–water partition coefficient (Wildman–Crippen LogP) is 1.97. The molecule has 0 aliphatic carbocycles. The number of rotatable bonds is 4. The standard InChI is InChI=1S/C15H19N3O2/c1-19-14-4-3-12(7-15(14)20-2)18-10-17-9-13(18)11-5-6-16-8-11/h3-4,7,9-11,16H,5-6,8H2,1-2H3. The minimum absolute atomic E-state index is 0.519. The number of methoxy groups -OCH3 is 2. The van der Waals surface area contributed by atoms with Gasteiger partial charge in [0.1, 0.15) is 0 Å². The Balaban J connectivity index is 1.99. The lowest BCUT2D eigenvalue weighted by molar-refractivity contribution is 0.355. The van der Waals surface area contributed by atoms with Gasteiger partial charge in [-0.1, -0.05) is 0 Å². The highest BCUT2D eigenvalue weighted by molar-refractivity contribution is 5.49. The number of nitrogens with one attached hydrogen (secondary N) is 1. The average molecular weight is 273 g/mol. The first kappa shape index (κ1) is 13.0. The monoisotopic (exact) mass is 273 g/mol. The number of hydrogen-bond donors (Lipinski definition) is 1. The third-order valence-electron chi connectivity index (χ3n) is 3.79. The SMILES string of the molecule is COc1ccc(-n2cncc2C2CCNC2)cc1OC. The van der Waals surface area contributed by atoms with E-state index in [1.165, 1.54) is 5.69 Å². The Kier molecular flexibility index (Phi) is 3.60. The minimum Gasteiger partial charge on any atom is -0.493 e. The summed E-state index contributed by atoms with van der Waals surface area (Å²) in [7, 11) is 3.29. The highest BCUT2D eigenvalue weighted by Gasteiger charge is 2.21. The van der Waals surface area contributed by atoms with Crippen molar-refractivity contribution in [3.63, 3.8) is 0 Å². The molecular formula is C15H19N3O2. The number of imidazole rings is 1. The van der Waals surface area contributed by atoms with Crippen molar-refractivity contribution in [1.29, 1.82) is 0 Å². The van der Waals surface area contributed by atoms with E-state index in [1.54, 1.807) is 14.2 Å². The summed E-state index contributed by atoms with van der Waals surface area (Å²) in [5.41, 5.74) is 2.28. The Morgan fingerprint density at radius 1 is 1.25 bits per heavy atom. The Labute approximate surface area is 118 Å². The molecule has 0 bridgehead atoms. The molecular weight excluding hydrogens is 254 g/mol. The van der Waals surface area contributed by atoms with Crippen LogP contribution in [0.1, 0.15) is 18.0 Å². The van der Waals surface area contributed by atoms with E-state index in [4.69, 9.17) is 9.47 Å². The zero-order valence-electron chi connectivity index (χ0n) is 11.8. The minimum atomic E-state index is 0.519. The first-order valence-electron chi connectivity index (χ1n) is 6.79. The van der Waals surface area contributed by atoms with E-state index in [9.17, 15) is 0 Å². The van der Waals surface area contributed by atoms with Gasteiger partial charge in [0, 0.05) is 30.4 Å². The van der Waals surface area contributed by atoms with Gasteiger partial charge in [-0.15, -0.1) is 0 Å². The molecule has 2 aromatic rings. The van der Waals surface area contributed by atoms with Crippen LogP contribution >= 0.6 is 0 Å². The number of aromatic nitrogens is 2.